The average molecular weight is 526 g/mol. The Kier molecular flexibility index (Phi) is 8.96. The molecule has 1 saturated carbocycles. The molecule has 212 valence electrons. The van der Waals surface area contributed by atoms with Crippen LogP contribution in [0.1, 0.15) is 116 Å². The highest BCUT2D eigenvalue weighted by Crippen LogP contribution is 2.71. The van der Waals surface area contributed by atoms with E-state index in [0.717, 1.165) is 76.4 Å². The van der Waals surface area contributed by atoms with Crippen molar-refractivity contribution in [1.29, 1.82) is 0 Å². The summed E-state index contributed by atoms with van der Waals surface area (Å²) in [5.74, 6) is 0.759. The molecule has 2 saturated heterocycles. The van der Waals surface area contributed by atoms with Gasteiger partial charge in [0, 0.05) is 23.9 Å². The van der Waals surface area contributed by atoms with Crippen molar-refractivity contribution in [3.8, 4) is 5.75 Å². The van der Waals surface area contributed by atoms with E-state index in [0.29, 0.717) is 25.5 Å². The van der Waals surface area contributed by atoms with Gasteiger partial charge in [0.25, 0.3) is 0 Å². The fourth-order valence-electron chi connectivity index (χ4n) is 8.84. The van der Waals surface area contributed by atoms with Gasteiger partial charge in [-0.15, -0.1) is 0 Å². The van der Waals surface area contributed by atoms with Crippen LogP contribution in [0.25, 0.3) is 0 Å². The first kappa shape index (κ1) is 29.1. The van der Waals surface area contributed by atoms with Gasteiger partial charge in [-0.1, -0.05) is 65.4 Å². The average Bonchev–Trinajstić information content (AvgIpc) is 2.92. The fourth-order valence-corrected chi connectivity index (χ4v) is 8.84. The molecule has 4 aliphatic rings. The zero-order valence-electron chi connectivity index (χ0n) is 24.9. The molecule has 5 atom stereocenters. The number of likely N-dealkylation sites (N-methyl/N-ethyl adjacent to an activating group) is 1. The predicted octanol–water partition coefficient (Wildman–Crippen LogP) is 7.03. The van der Waals surface area contributed by atoms with Crippen LogP contribution in [0.4, 0.5) is 0 Å². The van der Waals surface area contributed by atoms with Crippen LogP contribution in [0.2, 0.25) is 0 Å². The van der Waals surface area contributed by atoms with Crippen molar-refractivity contribution < 1.29 is 19.1 Å². The lowest BCUT2D eigenvalue weighted by Gasteiger charge is -2.74. The maximum absolute atomic E-state index is 14.3. The molecule has 5 heteroatoms. The molecule has 1 aromatic carbocycles. The van der Waals surface area contributed by atoms with Crippen LogP contribution in [0.5, 0.6) is 5.75 Å². The van der Waals surface area contributed by atoms with Gasteiger partial charge in [0.15, 0.2) is 5.78 Å². The van der Waals surface area contributed by atoms with E-state index < -0.39 is 5.41 Å². The Morgan fingerprint density at radius 2 is 1.68 bits per heavy atom. The summed E-state index contributed by atoms with van der Waals surface area (Å²) in [6.07, 6.45) is 12.4. The molecule has 0 radical (unpaired) electrons. The van der Waals surface area contributed by atoms with E-state index >= 15 is 0 Å². The first-order valence-corrected chi connectivity index (χ1v) is 15.4. The summed E-state index contributed by atoms with van der Waals surface area (Å²) in [6, 6.07) is 6.85. The van der Waals surface area contributed by atoms with E-state index in [-0.39, 0.29) is 28.6 Å². The molecule has 0 N–H and O–H groups in total. The van der Waals surface area contributed by atoms with Crippen LogP contribution in [-0.4, -0.2) is 49.5 Å². The molecule has 4 bridgehead atoms. The van der Waals surface area contributed by atoms with Gasteiger partial charge >= 0.3 is 5.97 Å². The number of Topliss-reactive ketones (excluding diaryl/α,β-unsaturated/α-hetero) is 1. The van der Waals surface area contributed by atoms with Gasteiger partial charge in [0.05, 0.1) is 13.7 Å². The summed E-state index contributed by atoms with van der Waals surface area (Å²) >= 11 is 0. The first-order chi connectivity index (χ1) is 18.3. The topological polar surface area (TPSA) is 55.8 Å². The van der Waals surface area contributed by atoms with E-state index in [2.05, 4.69) is 50.9 Å². The lowest BCUT2D eigenvalue weighted by atomic mass is 9.36. The summed E-state index contributed by atoms with van der Waals surface area (Å²) in [7, 11) is 3.95. The van der Waals surface area contributed by atoms with Crippen LogP contribution in [-0.2, 0) is 26.2 Å². The Labute approximate surface area is 231 Å². The first-order valence-electron chi connectivity index (χ1n) is 15.4. The van der Waals surface area contributed by atoms with Gasteiger partial charge in [-0.2, -0.15) is 0 Å². The molecule has 2 heterocycles. The number of nitrogens with zero attached hydrogens (tertiary/aromatic N) is 1. The number of esters is 1. The maximum Gasteiger partial charge on any atom is 0.321 e. The molecule has 1 aromatic rings. The smallest absolute Gasteiger partial charge is 0.321 e. The molecule has 5 rings (SSSR count). The number of fused-ring (bicyclic) bond motifs is 2. The molecule has 0 amide bonds. The molecule has 0 spiro atoms. The van der Waals surface area contributed by atoms with Crippen molar-refractivity contribution in [1.82, 2.24) is 4.90 Å². The number of benzene rings is 1. The number of methoxy groups -OCH3 is 1. The van der Waals surface area contributed by atoms with Gasteiger partial charge in [0.1, 0.15) is 11.2 Å². The van der Waals surface area contributed by atoms with Crippen molar-refractivity contribution in [3.05, 3.63) is 29.3 Å². The lowest BCUT2D eigenvalue weighted by Crippen LogP contribution is -2.79. The Bertz CT molecular complexity index is 1010. The van der Waals surface area contributed by atoms with Gasteiger partial charge in [0.2, 0.25) is 0 Å². The van der Waals surface area contributed by atoms with E-state index in [1.165, 1.54) is 11.1 Å². The van der Waals surface area contributed by atoms with Crippen molar-refractivity contribution in [2.24, 2.45) is 10.8 Å². The van der Waals surface area contributed by atoms with Crippen LogP contribution in [0.15, 0.2) is 18.2 Å². The Balaban J connectivity index is 1.94. The van der Waals surface area contributed by atoms with Crippen molar-refractivity contribution >= 4 is 11.8 Å². The van der Waals surface area contributed by atoms with Gasteiger partial charge in [-0.25, -0.2) is 0 Å². The molecule has 38 heavy (non-hydrogen) atoms. The SMILES string of the molecule is CCCCCC(=O)C1(C(=O)OCC)CC2(CCCC)C3Cc4ccc(OC)cc4C2(CCCC)CC1N3C. The highest BCUT2D eigenvalue weighted by Gasteiger charge is 2.75. The third-order valence-electron chi connectivity index (χ3n) is 10.6. The summed E-state index contributed by atoms with van der Waals surface area (Å²) in [4.78, 5) is 30.8. The Morgan fingerprint density at radius 1 is 0.974 bits per heavy atom. The zero-order valence-corrected chi connectivity index (χ0v) is 24.9. The third-order valence-corrected chi connectivity index (χ3v) is 10.6. The molecular weight excluding hydrogens is 474 g/mol. The number of hydrogen-bond acceptors (Lipinski definition) is 5. The summed E-state index contributed by atoms with van der Waals surface area (Å²) in [5, 5.41) is 0. The van der Waals surface area contributed by atoms with Gasteiger partial charge in [-0.05, 0) is 81.2 Å². The minimum absolute atomic E-state index is 0.0676. The number of carbonyl (C=O) groups excluding carboxylic acids is 2. The van der Waals surface area contributed by atoms with E-state index in [1.807, 2.05) is 6.92 Å². The highest BCUT2D eigenvalue weighted by molar-refractivity contribution is 6.05. The van der Waals surface area contributed by atoms with Crippen LogP contribution >= 0.6 is 0 Å². The number of ketones is 1. The molecule has 3 fully saturated rings. The molecule has 0 aromatic heterocycles. The van der Waals surface area contributed by atoms with Crippen LogP contribution < -0.4 is 4.74 Å². The summed E-state index contributed by atoms with van der Waals surface area (Å²) in [5.41, 5.74) is 1.54. The summed E-state index contributed by atoms with van der Waals surface area (Å²) in [6.45, 7) is 8.87. The Morgan fingerprint density at radius 3 is 2.34 bits per heavy atom. The molecule has 5 nitrogen and oxygen atoms in total. The monoisotopic (exact) mass is 525 g/mol. The number of ether oxygens (including phenoxy) is 2. The number of carbonyl (C=O) groups is 2. The fraction of sp³-hybridized carbons (Fsp3) is 0.758. The van der Waals surface area contributed by atoms with E-state index in [1.54, 1.807) is 7.11 Å². The minimum atomic E-state index is -1.07. The predicted molar refractivity (Wildman–Crippen MR) is 153 cm³/mol. The second-order valence-electron chi connectivity index (χ2n) is 12.3. The van der Waals surface area contributed by atoms with E-state index in [9.17, 15) is 9.59 Å². The summed E-state index contributed by atoms with van der Waals surface area (Å²) < 4.78 is 11.5. The van der Waals surface area contributed by atoms with Crippen LogP contribution in [0, 0.1) is 10.8 Å². The quantitative estimate of drug-likeness (QED) is 0.148. The third kappa shape index (κ3) is 4.32. The van der Waals surface area contributed by atoms with Crippen molar-refractivity contribution in [2.45, 2.75) is 129 Å². The number of piperidine rings is 2. The number of hydrogen-bond donors (Lipinski definition) is 0. The largest absolute Gasteiger partial charge is 0.497 e. The molecule has 2 aliphatic heterocycles. The van der Waals surface area contributed by atoms with Gasteiger partial charge in [-0.3, -0.25) is 14.5 Å². The van der Waals surface area contributed by atoms with Crippen molar-refractivity contribution in [2.75, 3.05) is 20.8 Å². The van der Waals surface area contributed by atoms with E-state index in [4.69, 9.17) is 9.47 Å². The molecular formula is C33H51NO4. The normalized spacial score (nSPS) is 31.6. The second kappa shape index (κ2) is 11.7. The van der Waals surface area contributed by atoms with Crippen LogP contribution in [0.3, 0.4) is 0 Å². The maximum atomic E-state index is 14.3. The minimum Gasteiger partial charge on any atom is -0.497 e. The number of unbranched alkanes of at least 4 members (excludes halogenated alkanes) is 4. The second-order valence-corrected chi connectivity index (χ2v) is 12.3. The highest BCUT2D eigenvalue weighted by atomic mass is 16.5. The standard InChI is InChI=1S/C33H51NO4/c1-7-11-14-15-29(35)33(30(36)38-10-4)23-32(19-13-9-3)27-20-24-16-17-25(37-6)21-26(24)31(32,18-12-8-2)22-28(33)34(27)5/h16-17,21,27-28H,7-15,18-20,22-23H2,1-6H3. The van der Waals surface area contributed by atoms with Crippen molar-refractivity contribution in [3.63, 3.8) is 0 Å². The number of rotatable bonds is 14. The molecule has 5 unspecified atom stereocenters. The zero-order chi connectivity index (χ0) is 27.6. The Hall–Kier alpha value is -1.88. The molecule has 2 aliphatic carbocycles. The van der Waals surface area contributed by atoms with Gasteiger partial charge < -0.3 is 9.47 Å². The lowest BCUT2D eigenvalue weighted by molar-refractivity contribution is -0.218.